The first-order valence-electron chi connectivity index (χ1n) is 6.37. The van der Waals surface area contributed by atoms with Crippen LogP contribution in [0.4, 0.5) is 0 Å². The number of terminal acetylenes is 1. The topological polar surface area (TPSA) is 30.5 Å². The summed E-state index contributed by atoms with van der Waals surface area (Å²) in [5.41, 5.74) is 0. The highest BCUT2D eigenvalue weighted by atomic mass is 16.5. The van der Waals surface area contributed by atoms with E-state index in [9.17, 15) is 0 Å². The minimum Gasteiger partial charge on any atom is -0.490 e. The number of rotatable bonds is 9. The summed E-state index contributed by atoms with van der Waals surface area (Å²) in [6.45, 7) is 4.97. The molecule has 0 saturated carbocycles. The molecule has 1 rings (SSSR count). The van der Waals surface area contributed by atoms with Crippen molar-refractivity contribution in [2.45, 2.75) is 19.8 Å². The number of para-hydroxylation sites is 2. The van der Waals surface area contributed by atoms with Crippen molar-refractivity contribution in [1.29, 1.82) is 0 Å². The van der Waals surface area contributed by atoms with Gasteiger partial charge >= 0.3 is 0 Å². The predicted molar refractivity (Wildman–Crippen MR) is 74.0 cm³/mol. The van der Waals surface area contributed by atoms with E-state index in [1.807, 2.05) is 31.2 Å². The fourth-order valence-electron chi connectivity index (χ4n) is 1.52. The highest BCUT2D eigenvalue weighted by Gasteiger charge is 2.02. The molecule has 0 fully saturated rings. The van der Waals surface area contributed by atoms with Gasteiger partial charge in [0.2, 0.25) is 0 Å². The first-order chi connectivity index (χ1) is 8.88. The second-order valence-corrected chi connectivity index (χ2v) is 3.79. The van der Waals surface area contributed by atoms with E-state index >= 15 is 0 Å². The molecule has 0 heterocycles. The fourth-order valence-corrected chi connectivity index (χ4v) is 1.52. The van der Waals surface area contributed by atoms with E-state index in [1.54, 1.807) is 0 Å². The van der Waals surface area contributed by atoms with Crippen LogP contribution in [-0.2, 0) is 0 Å². The molecule has 0 amide bonds. The van der Waals surface area contributed by atoms with Gasteiger partial charge in [-0.15, -0.1) is 12.3 Å². The lowest BCUT2D eigenvalue weighted by atomic mass is 10.3. The molecule has 98 valence electrons. The van der Waals surface area contributed by atoms with Gasteiger partial charge < -0.3 is 14.8 Å². The lowest BCUT2D eigenvalue weighted by Crippen LogP contribution is -2.22. The molecule has 0 radical (unpaired) electrons. The van der Waals surface area contributed by atoms with Crippen molar-refractivity contribution in [3.63, 3.8) is 0 Å². The van der Waals surface area contributed by atoms with Gasteiger partial charge in [0.15, 0.2) is 11.5 Å². The second kappa shape index (κ2) is 9.38. The summed E-state index contributed by atoms with van der Waals surface area (Å²) in [7, 11) is 0. The summed E-state index contributed by atoms with van der Waals surface area (Å²) in [6, 6.07) is 7.72. The van der Waals surface area contributed by atoms with Crippen molar-refractivity contribution >= 4 is 0 Å². The normalized spacial score (nSPS) is 9.78. The summed E-state index contributed by atoms with van der Waals surface area (Å²) < 4.78 is 11.1. The van der Waals surface area contributed by atoms with Crippen molar-refractivity contribution in [3.8, 4) is 23.8 Å². The first kappa shape index (κ1) is 14.4. The lowest BCUT2D eigenvalue weighted by Gasteiger charge is -2.11. The van der Waals surface area contributed by atoms with Gasteiger partial charge in [-0.25, -0.2) is 0 Å². The smallest absolute Gasteiger partial charge is 0.161 e. The van der Waals surface area contributed by atoms with Crippen LogP contribution < -0.4 is 14.8 Å². The lowest BCUT2D eigenvalue weighted by molar-refractivity contribution is 0.276. The van der Waals surface area contributed by atoms with Crippen LogP contribution in [0.25, 0.3) is 0 Å². The second-order valence-electron chi connectivity index (χ2n) is 3.79. The zero-order valence-electron chi connectivity index (χ0n) is 10.9. The van der Waals surface area contributed by atoms with Crippen LogP contribution in [0.5, 0.6) is 11.5 Å². The minimum atomic E-state index is 0.625. The Balaban J connectivity index is 2.20. The molecule has 1 N–H and O–H groups in total. The average molecular weight is 247 g/mol. The van der Waals surface area contributed by atoms with Crippen LogP contribution in [0.3, 0.4) is 0 Å². The third kappa shape index (κ3) is 5.60. The highest BCUT2D eigenvalue weighted by molar-refractivity contribution is 5.39. The number of hydrogen-bond donors (Lipinski definition) is 1. The Morgan fingerprint density at radius 2 is 1.89 bits per heavy atom. The molecule has 0 atom stereocenters. The molecule has 1 aromatic rings. The number of benzene rings is 1. The maximum absolute atomic E-state index is 5.67. The molecule has 0 aliphatic rings. The van der Waals surface area contributed by atoms with E-state index in [1.165, 1.54) is 0 Å². The van der Waals surface area contributed by atoms with Crippen molar-refractivity contribution in [2.75, 3.05) is 26.3 Å². The molecule has 0 unspecified atom stereocenters. The minimum absolute atomic E-state index is 0.625. The van der Waals surface area contributed by atoms with E-state index in [0.29, 0.717) is 13.2 Å². The third-order valence-corrected chi connectivity index (χ3v) is 2.36. The quantitative estimate of drug-likeness (QED) is 0.537. The Kier molecular flexibility index (Phi) is 7.50. The molecule has 0 aromatic heterocycles. The fraction of sp³-hybridized carbons (Fsp3) is 0.467. The van der Waals surface area contributed by atoms with Crippen molar-refractivity contribution in [1.82, 2.24) is 5.32 Å². The Labute approximate surface area is 109 Å². The molecule has 0 bridgehead atoms. The summed E-state index contributed by atoms with van der Waals surface area (Å²) in [4.78, 5) is 0. The molecule has 1 aromatic carbocycles. The molecule has 3 nitrogen and oxygen atoms in total. The summed E-state index contributed by atoms with van der Waals surface area (Å²) in [6.07, 6.45) is 7.00. The molecular formula is C15H21NO2. The summed E-state index contributed by atoms with van der Waals surface area (Å²) >= 11 is 0. The van der Waals surface area contributed by atoms with Gasteiger partial charge in [0.25, 0.3) is 0 Å². The first-order valence-corrected chi connectivity index (χ1v) is 6.37. The third-order valence-electron chi connectivity index (χ3n) is 2.36. The Bertz CT molecular complexity index is 371. The van der Waals surface area contributed by atoms with Crippen LogP contribution >= 0.6 is 0 Å². The molecule has 3 heteroatoms. The van der Waals surface area contributed by atoms with E-state index < -0.39 is 0 Å². The Morgan fingerprint density at radius 1 is 1.17 bits per heavy atom. The van der Waals surface area contributed by atoms with Crippen molar-refractivity contribution < 1.29 is 9.47 Å². The maximum Gasteiger partial charge on any atom is 0.161 e. The van der Waals surface area contributed by atoms with E-state index in [-0.39, 0.29) is 0 Å². The predicted octanol–water partition coefficient (Wildman–Crippen LogP) is 2.47. The van der Waals surface area contributed by atoms with Gasteiger partial charge in [0, 0.05) is 13.0 Å². The molecule has 0 aliphatic heterocycles. The molecule has 18 heavy (non-hydrogen) atoms. The highest BCUT2D eigenvalue weighted by Crippen LogP contribution is 2.25. The maximum atomic E-state index is 5.67. The zero-order chi connectivity index (χ0) is 13.1. The molecular weight excluding hydrogens is 226 g/mol. The van der Waals surface area contributed by atoms with Crippen LogP contribution in [0.2, 0.25) is 0 Å². The van der Waals surface area contributed by atoms with Gasteiger partial charge in [0.05, 0.1) is 6.61 Å². The number of nitrogens with one attached hydrogen (secondary N) is 1. The van der Waals surface area contributed by atoms with Gasteiger partial charge in [0.1, 0.15) is 6.61 Å². The monoisotopic (exact) mass is 247 g/mol. The Hall–Kier alpha value is -1.66. The SMILES string of the molecule is C#CCCCNCCOc1ccccc1OCC. The van der Waals surface area contributed by atoms with Crippen LogP contribution in [-0.4, -0.2) is 26.3 Å². The van der Waals surface area contributed by atoms with Crippen LogP contribution in [0, 0.1) is 12.3 Å². The van der Waals surface area contributed by atoms with E-state index in [2.05, 4.69) is 11.2 Å². The average Bonchev–Trinajstić information content (AvgIpc) is 2.40. The van der Waals surface area contributed by atoms with Crippen molar-refractivity contribution in [2.24, 2.45) is 0 Å². The van der Waals surface area contributed by atoms with E-state index in [0.717, 1.165) is 37.4 Å². The van der Waals surface area contributed by atoms with E-state index in [4.69, 9.17) is 15.9 Å². The van der Waals surface area contributed by atoms with Crippen molar-refractivity contribution in [3.05, 3.63) is 24.3 Å². The summed E-state index contributed by atoms with van der Waals surface area (Å²) in [5.74, 6) is 4.21. The number of hydrogen-bond acceptors (Lipinski definition) is 3. The standard InChI is InChI=1S/C15H21NO2/c1-3-5-8-11-16-12-13-18-15-10-7-6-9-14(15)17-4-2/h1,6-7,9-10,16H,4-5,8,11-13H2,2H3. The molecule has 0 spiro atoms. The van der Waals surface area contributed by atoms with Gasteiger partial charge in [-0.1, -0.05) is 12.1 Å². The Morgan fingerprint density at radius 3 is 2.56 bits per heavy atom. The summed E-state index contributed by atoms with van der Waals surface area (Å²) in [5, 5.41) is 3.28. The van der Waals surface area contributed by atoms with Gasteiger partial charge in [-0.05, 0) is 32.0 Å². The van der Waals surface area contributed by atoms with Gasteiger partial charge in [-0.3, -0.25) is 0 Å². The van der Waals surface area contributed by atoms with Crippen LogP contribution in [0.15, 0.2) is 24.3 Å². The number of unbranched alkanes of at least 4 members (excludes halogenated alkanes) is 1. The zero-order valence-corrected chi connectivity index (χ0v) is 10.9. The number of ether oxygens (including phenoxy) is 2. The molecule has 0 aliphatic carbocycles. The largest absolute Gasteiger partial charge is 0.490 e. The van der Waals surface area contributed by atoms with Crippen LogP contribution in [0.1, 0.15) is 19.8 Å². The molecule has 0 saturated heterocycles. The van der Waals surface area contributed by atoms with Gasteiger partial charge in [-0.2, -0.15) is 0 Å².